The van der Waals surface area contributed by atoms with Gasteiger partial charge in [-0.05, 0) is 61.7 Å². The van der Waals surface area contributed by atoms with E-state index in [1.54, 1.807) is 38.5 Å². The van der Waals surface area contributed by atoms with E-state index in [4.69, 9.17) is 13.7 Å². The topological polar surface area (TPSA) is 65.1 Å². The van der Waals surface area contributed by atoms with Crippen LogP contribution in [0, 0.1) is 6.92 Å². The summed E-state index contributed by atoms with van der Waals surface area (Å²) in [4.78, 5) is 2.46. The number of hydrogen-bond acceptors (Lipinski definition) is 6. The summed E-state index contributed by atoms with van der Waals surface area (Å²) in [6.45, 7) is 3.47. The summed E-state index contributed by atoms with van der Waals surface area (Å²) in [5.74, 6) is 1.57. The molecule has 180 valence electrons. The maximum atomic E-state index is 13.0. The minimum absolute atomic E-state index is 0.0656. The van der Waals surface area contributed by atoms with Crippen molar-refractivity contribution in [3.63, 3.8) is 0 Å². The minimum Gasteiger partial charge on any atom is -0.497 e. The molecule has 0 bridgehead atoms. The molecule has 0 N–H and O–H groups in total. The zero-order chi connectivity index (χ0) is 24.2. The van der Waals surface area contributed by atoms with E-state index >= 15 is 0 Å². The highest BCUT2D eigenvalue weighted by atomic mass is 32.2. The van der Waals surface area contributed by atoms with Gasteiger partial charge in [0.05, 0.1) is 31.4 Å². The van der Waals surface area contributed by atoms with E-state index in [0.29, 0.717) is 0 Å². The number of piperidine rings is 1. The molecule has 3 aromatic carbocycles. The van der Waals surface area contributed by atoms with Crippen molar-refractivity contribution in [2.45, 2.75) is 30.1 Å². The molecule has 0 aliphatic carbocycles. The van der Waals surface area contributed by atoms with Gasteiger partial charge in [0.1, 0.15) is 11.5 Å². The van der Waals surface area contributed by atoms with Crippen molar-refractivity contribution >= 4 is 15.8 Å². The summed E-state index contributed by atoms with van der Waals surface area (Å²) in [5, 5.41) is 0. The van der Waals surface area contributed by atoms with Gasteiger partial charge in [0, 0.05) is 18.5 Å². The van der Waals surface area contributed by atoms with Crippen LogP contribution >= 0.6 is 0 Å². The lowest BCUT2D eigenvalue weighted by molar-refractivity contribution is 0.188. The molecule has 4 rings (SSSR count). The molecule has 0 spiro atoms. The molecular formula is C27H31NO5S. The van der Waals surface area contributed by atoms with Crippen LogP contribution in [-0.4, -0.2) is 42.3 Å². The Labute approximate surface area is 202 Å². The molecule has 6 nitrogen and oxygen atoms in total. The van der Waals surface area contributed by atoms with E-state index in [0.717, 1.165) is 54.2 Å². The van der Waals surface area contributed by atoms with Crippen molar-refractivity contribution in [2.24, 2.45) is 0 Å². The summed E-state index contributed by atoms with van der Waals surface area (Å²) >= 11 is 0. The average molecular weight is 482 g/mol. The van der Waals surface area contributed by atoms with Gasteiger partial charge in [-0.3, -0.25) is 4.18 Å². The fraction of sp³-hybridized carbons (Fsp3) is 0.333. The van der Waals surface area contributed by atoms with E-state index in [2.05, 4.69) is 11.0 Å². The van der Waals surface area contributed by atoms with Crippen LogP contribution in [0.2, 0.25) is 0 Å². The van der Waals surface area contributed by atoms with Gasteiger partial charge < -0.3 is 14.4 Å². The first-order valence-corrected chi connectivity index (χ1v) is 12.8. The summed E-state index contributed by atoms with van der Waals surface area (Å²) in [6.07, 6.45) is 1.45. The Hall–Kier alpha value is -3.03. The van der Waals surface area contributed by atoms with E-state index in [9.17, 15) is 8.42 Å². The van der Waals surface area contributed by atoms with Crippen molar-refractivity contribution in [1.82, 2.24) is 0 Å². The lowest BCUT2D eigenvalue weighted by Crippen LogP contribution is -2.45. The van der Waals surface area contributed by atoms with Crippen LogP contribution in [0.4, 0.5) is 5.69 Å². The van der Waals surface area contributed by atoms with Crippen molar-refractivity contribution in [3.05, 3.63) is 83.9 Å². The molecule has 0 saturated carbocycles. The molecule has 1 aliphatic rings. The van der Waals surface area contributed by atoms with Gasteiger partial charge in [-0.15, -0.1) is 0 Å². The molecule has 0 radical (unpaired) electrons. The van der Waals surface area contributed by atoms with Crippen LogP contribution in [0.5, 0.6) is 11.5 Å². The molecule has 0 unspecified atom stereocenters. The van der Waals surface area contributed by atoms with Crippen LogP contribution < -0.4 is 14.4 Å². The molecule has 1 fully saturated rings. The van der Waals surface area contributed by atoms with Crippen LogP contribution in [0.15, 0.2) is 77.7 Å². The fourth-order valence-corrected chi connectivity index (χ4v) is 5.49. The van der Waals surface area contributed by atoms with Gasteiger partial charge in [0.25, 0.3) is 10.1 Å². The Morgan fingerprint density at radius 3 is 2.26 bits per heavy atom. The molecule has 0 amide bonds. The lowest BCUT2D eigenvalue weighted by Gasteiger charge is -2.43. The van der Waals surface area contributed by atoms with Gasteiger partial charge >= 0.3 is 0 Å². The van der Waals surface area contributed by atoms with Crippen LogP contribution in [0.3, 0.4) is 0 Å². The first-order valence-electron chi connectivity index (χ1n) is 11.4. The molecular weight excluding hydrogens is 450 g/mol. The molecule has 1 saturated heterocycles. The molecule has 0 aromatic heterocycles. The SMILES string of the molecule is COc1cccc(C2(COS(=O)(=O)c3ccc(C)cc3)CCN(c3ccccc3OC)CC2)c1. The van der Waals surface area contributed by atoms with Crippen LogP contribution in [-0.2, 0) is 19.7 Å². The molecule has 3 aromatic rings. The Bertz CT molecular complexity index is 1220. The fourth-order valence-electron chi connectivity index (χ4n) is 4.50. The second kappa shape index (κ2) is 10.1. The number of methoxy groups -OCH3 is 2. The molecule has 34 heavy (non-hydrogen) atoms. The summed E-state index contributed by atoms with van der Waals surface area (Å²) in [5.41, 5.74) is 2.59. The zero-order valence-electron chi connectivity index (χ0n) is 19.9. The normalized spacial score (nSPS) is 15.7. The number of rotatable bonds is 8. The maximum Gasteiger partial charge on any atom is 0.297 e. The van der Waals surface area contributed by atoms with E-state index in [-0.39, 0.29) is 11.5 Å². The predicted molar refractivity (Wildman–Crippen MR) is 133 cm³/mol. The first kappa shape index (κ1) is 24.1. The summed E-state index contributed by atoms with van der Waals surface area (Å²) < 4.78 is 42.7. The molecule has 1 heterocycles. The standard InChI is InChI=1S/C27H31NO5S/c1-21-11-13-24(14-12-21)34(29,30)33-20-27(22-7-6-8-23(19-22)31-2)15-17-28(18-16-27)25-9-4-5-10-26(25)32-3/h4-14,19H,15-18,20H2,1-3H3. The third-order valence-corrected chi connectivity index (χ3v) is 7.91. The third kappa shape index (κ3) is 5.05. The highest BCUT2D eigenvalue weighted by Crippen LogP contribution is 2.40. The Morgan fingerprint density at radius 2 is 1.59 bits per heavy atom. The smallest absolute Gasteiger partial charge is 0.297 e. The van der Waals surface area contributed by atoms with Gasteiger partial charge in [-0.25, -0.2) is 0 Å². The summed E-state index contributed by atoms with van der Waals surface area (Å²) in [7, 11) is -0.572. The van der Waals surface area contributed by atoms with Crippen molar-refractivity contribution < 1.29 is 22.1 Å². The maximum absolute atomic E-state index is 13.0. The Morgan fingerprint density at radius 1 is 0.882 bits per heavy atom. The molecule has 1 aliphatic heterocycles. The van der Waals surface area contributed by atoms with Crippen molar-refractivity contribution in [3.8, 4) is 11.5 Å². The monoisotopic (exact) mass is 481 g/mol. The average Bonchev–Trinajstić information content (AvgIpc) is 2.88. The zero-order valence-corrected chi connectivity index (χ0v) is 20.7. The quantitative estimate of drug-likeness (QED) is 0.424. The van der Waals surface area contributed by atoms with E-state index in [1.165, 1.54) is 0 Å². The van der Waals surface area contributed by atoms with Gasteiger partial charge in [-0.2, -0.15) is 8.42 Å². The Balaban J connectivity index is 1.61. The number of nitrogens with zero attached hydrogens (tertiary/aromatic N) is 1. The third-order valence-electron chi connectivity index (χ3n) is 6.63. The van der Waals surface area contributed by atoms with Gasteiger partial charge in [0.15, 0.2) is 0 Å². The van der Waals surface area contributed by atoms with Gasteiger partial charge in [-0.1, -0.05) is 42.0 Å². The largest absolute Gasteiger partial charge is 0.497 e. The second-order valence-corrected chi connectivity index (χ2v) is 10.3. The summed E-state index contributed by atoms with van der Waals surface area (Å²) in [6, 6.07) is 22.5. The number of aryl methyl sites for hydroxylation is 1. The van der Waals surface area contributed by atoms with Crippen molar-refractivity contribution in [2.75, 3.05) is 38.8 Å². The van der Waals surface area contributed by atoms with Crippen molar-refractivity contribution in [1.29, 1.82) is 0 Å². The molecule has 7 heteroatoms. The van der Waals surface area contributed by atoms with E-state index in [1.807, 2.05) is 49.4 Å². The van der Waals surface area contributed by atoms with Gasteiger partial charge in [0.2, 0.25) is 0 Å². The minimum atomic E-state index is -3.88. The number of anilines is 1. The number of hydrogen-bond donors (Lipinski definition) is 0. The number of ether oxygens (including phenoxy) is 2. The predicted octanol–water partition coefficient (Wildman–Crippen LogP) is 4.96. The van der Waals surface area contributed by atoms with Crippen LogP contribution in [0.25, 0.3) is 0 Å². The molecule has 0 atom stereocenters. The van der Waals surface area contributed by atoms with E-state index < -0.39 is 15.5 Å². The number of para-hydroxylation sites is 2. The first-order chi connectivity index (χ1) is 16.4. The number of benzene rings is 3. The van der Waals surface area contributed by atoms with Crippen LogP contribution in [0.1, 0.15) is 24.0 Å². The highest BCUT2D eigenvalue weighted by molar-refractivity contribution is 7.86. The highest BCUT2D eigenvalue weighted by Gasteiger charge is 2.39. The Kier molecular flexibility index (Phi) is 7.14. The lowest BCUT2D eigenvalue weighted by atomic mass is 9.73. The second-order valence-electron chi connectivity index (χ2n) is 8.70.